The number of hydrogen-bond donors (Lipinski definition) is 2. The van der Waals surface area contributed by atoms with Crippen LogP contribution in [0.1, 0.15) is 50.7 Å². The fraction of sp³-hybridized carbons (Fsp3) is 0.476. The molecule has 0 spiro atoms. The Morgan fingerprint density at radius 1 is 1.29 bits per heavy atom. The molecule has 0 fully saturated rings. The van der Waals surface area contributed by atoms with Gasteiger partial charge in [0.2, 0.25) is 0 Å². The number of aliphatic carboxylic acids is 1. The predicted molar refractivity (Wildman–Crippen MR) is 106 cm³/mol. The smallest absolute Gasteiger partial charge is 0.336 e. The van der Waals surface area contributed by atoms with Gasteiger partial charge in [0.05, 0.1) is 0 Å². The van der Waals surface area contributed by atoms with E-state index in [-0.39, 0.29) is 18.9 Å². The molecule has 0 unspecified atom stereocenters. The SMILES string of the molecule is CCCCc1cc(=O)oc2c(C)c(O[C@@H](C)C(=O)NCCCC(=O)O)ccc12. The molecule has 0 aliphatic heterocycles. The minimum absolute atomic E-state index is 0.00129. The summed E-state index contributed by atoms with van der Waals surface area (Å²) >= 11 is 0. The highest BCUT2D eigenvalue weighted by molar-refractivity contribution is 5.85. The molecule has 152 valence electrons. The van der Waals surface area contributed by atoms with Crippen molar-refractivity contribution in [1.82, 2.24) is 5.32 Å². The number of carbonyl (C=O) groups excluding carboxylic acids is 1. The molecule has 0 aliphatic rings. The van der Waals surface area contributed by atoms with Gasteiger partial charge in [0.1, 0.15) is 11.3 Å². The minimum atomic E-state index is -0.898. The van der Waals surface area contributed by atoms with E-state index in [1.165, 1.54) is 6.07 Å². The molecule has 1 aromatic heterocycles. The van der Waals surface area contributed by atoms with E-state index in [1.807, 2.05) is 6.07 Å². The topological polar surface area (TPSA) is 106 Å². The first-order valence-electron chi connectivity index (χ1n) is 9.56. The van der Waals surface area contributed by atoms with Crippen LogP contribution in [-0.2, 0) is 16.0 Å². The van der Waals surface area contributed by atoms with Crippen molar-refractivity contribution < 1.29 is 23.8 Å². The summed E-state index contributed by atoms with van der Waals surface area (Å²) in [5, 5.41) is 12.2. The van der Waals surface area contributed by atoms with Gasteiger partial charge in [0.25, 0.3) is 5.91 Å². The number of carboxylic acid groups (broad SMARTS) is 1. The molecule has 2 N–H and O–H groups in total. The second-order valence-corrected chi connectivity index (χ2v) is 6.81. The van der Waals surface area contributed by atoms with E-state index in [2.05, 4.69) is 12.2 Å². The van der Waals surface area contributed by atoms with E-state index in [0.29, 0.717) is 23.3 Å². The summed E-state index contributed by atoms with van der Waals surface area (Å²) in [7, 11) is 0. The molecule has 2 rings (SSSR count). The second-order valence-electron chi connectivity index (χ2n) is 6.81. The Morgan fingerprint density at radius 2 is 2.04 bits per heavy atom. The molecular formula is C21H27NO6. The van der Waals surface area contributed by atoms with E-state index >= 15 is 0 Å². The molecule has 0 aliphatic carbocycles. The Kier molecular flexibility index (Phi) is 7.61. The number of nitrogens with one attached hydrogen (secondary N) is 1. The average Bonchev–Trinajstić information content (AvgIpc) is 2.65. The normalized spacial score (nSPS) is 12.0. The molecule has 0 bridgehead atoms. The summed E-state index contributed by atoms with van der Waals surface area (Å²) in [6.07, 6.45) is 2.40. The lowest BCUT2D eigenvalue weighted by Gasteiger charge is -2.17. The maximum atomic E-state index is 12.1. The standard InChI is InChI=1S/C21H27NO6/c1-4-5-7-15-12-19(25)28-20-13(2)17(10-9-16(15)20)27-14(3)21(26)22-11-6-8-18(23)24/h9-10,12,14H,4-8,11H2,1-3H3,(H,22,26)(H,23,24)/t14-/m0/s1. The van der Waals surface area contributed by atoms with Crippen LogP contribution in [0.3, 0.4) is 0 Å². The number of amides is 1. The van der Waals surface area contributed by atoms with Crippen molar-refractivity contribution >= 4 is 22.8 Å². The van der Waals surface area contributed by atoms with Crippen molar-refractivity contribution in [2.45, 2.75) is 59.0 Å². The van der Waals surface area contributed by atoms with Crippen molar-refractivity contribution in [2.24, 2.45) is 0 Å². The highest BCUT2D eigenvalue weighted by atomic mass is 16.5. The van der Waals surface area contributed by atoms with Crippen molar-refractivity contribution in [3.8, 4) is 5.75 Å². The lowest BCUT2D eigenvalue weighted by atomic mass is 10.0. The highest BCUT2D eigenvalue weighted by Gasteiger charge is 2.18. The minimum Gasteiger partial charge on any atom is -0.481 e. The van der Waals surface area contributed by atoms with E-state index in [4.69, 9.17) is 14.3 Å². The third-order valence-corrected chi connectivity index (χ3v) is 4.54. The largest absolute Gasteiger partial charge is 0.481 e. The van der Waals surface area contributed by atoms with Gasteiger partial charge in [-0.15, -0.1) is 0 Å². The van der Waals surface area contributed by atoms with Crippen LogP contribution in [0, 0.1) is 6.92 Å². The first-order chi connectivity index (χ1) is 13.3. The maximum Gasteiger partial charge on any atom is 0.336 e. The van der Waals surface area contributed by atoms with Gasteiger partial charge in [-0.2, -0.15) is 0 Å². The summed E-state index contributed by atoms with van der Waals surface area (Å²) in [5.74, 6) is -0.760. The zero-order valence-electron chi connectivity index (χ0n) is 16.5. The molecule has 7 heteroatoms. The first-order valence-corrected chi connectivity index (χ1v) is 9.56. The average molecular weight is 389 g/mol. The van der Waals surface area contributed by atoms with E-state index < -0.39 is 17.7 Å². The van der Waals surface area contributed by atoms with Crippen LogP contribution < -0.4 is 15.7 Å². The number of fused-ring (bicyclic) bond motifs is 1. The Bertz CT molecular complexity index is 902. The van der Waals surface area contributed by atoms with Crippen LogP contribution in [0.5, 0.6) is 5.75 Å². The predicted octanol–water partition coefficient (Wildman–Crippen LogP) is 3.19. The molecule has 1 amide bonds. The molecule has 1 aromatic carbocycles. The summed E-state index contributed by atoms with van der Waals surface area (Å²) in [4.78, 5) is 34.6. The van der Waals surface area contributed by atoms with E-state index in [0.717, 1.165) is 30.2 Å². The Hall–Kier alpha value is -2.83. The van der Waals surface area contributed by atoms with Crippen molar-refractivity contribution in [1.29, 1.82) is 0 Å². The summed E-state index contributed by atoms with van der Waals surface area (Å²) < 4.78 is 11.2. The van der Waals surface area contributed by atoms with E-state index in [1.54, 1.807) is 19.9 Å². The zero-order chi connectivity index (χ0) is 20.7. The molecule has 28 heavy (non-hydrogen) atoms. The molecule has 0 saturated heterocycles. The lowest BCUT2D eigenvalue weighted by Crippen LogP contribution is -2.37. The number of benzene rings is 1. The number of ether oxygens (including phenoxy) is 1. The van der Waals surface area contributed by atoms with Crippen molar-refractivity contribution in [3.63, 3.8) is 0 Å². The fourth-order valence-corrected chi connectivity index (χ4v) is 2.95. The van der Waals surface area contributed by atoms with Crippen LogP contribution in [-0.4, -0.2) is 29.6 Å². The fourth-order valence-electron chi connectivity index (χ4n) is 2.95. The molecule has 2 aromatic rings. The monoisotopic (exact) mass is 389 g/mol. The van der Waals surface area contributed by atoms with E-state index in [9.17, 15) is 14.4 Å². The molecule has 0 radical (unpaired) electrons. The molecule has 1 heterocycles. The summed E-state index contributed by atoms with van der Waals surface area (Å²) in [6.45, 7) is 5.77. The highest BCUT2D eigenvalue weighted by Crippen LogP contribution is 2.29. The summed E-state index contributed by atoms with van der Waals surface area (Å²) in [6, 6.07) is 5.16. The van der Waals surface area contributed by atoms with Gasteiger partial charge < -0.3 is 19.6 Å². The summed E-state index contributed by atoms with van der Waals surface area (Å²) in [5.41, 5.74) is 1.69. The molecule has 1 atom stereocenters. The number of aryl methyl sites for hydroxylation is 2. The van der Waals surface area contributed by atoms with Gasteiger partial charge in [-0.25, -0.2) is 4.79 Å². The maximum absolute atomic E-state index is 12.1. The first kappa shape index (κ1) is 21.5. The molecule has 7 nitrogen and oxygen atoms in total. The molecule has 0 saturated carbocycles. The van der Waals surface area contributed by atoms with Crippen molar-refractivity contribution in [3.05, 3.63) is 39.7 Å². The lowest BCUT2D eigenvalue weighted by molar-refractivity contribution is -0.137. The van der Waals surface area contributed by atoms with Gasteiger partial charge in [0.15, 0.2) is 6.10 Å². The second kappa shape index (κ2) is 9.92. The number of rotatable bonds is 10. The third kappa shape index (κ3) is 5.58. The van der Waals surface area contributed by atoms with Gasteiger partial charge in [-0.1, -0.05) is 13.3 Å². The number of hydrogen-bond acceptors (Lipinski definition) is 5. The van der Waals surface area contributed by atoms with Gasteiger partial charge in [0, 0.05) is 30.0 Å². The van der Waals surface area contributed by atoms with Crippen LogP contribution in [0.2, 0.25) is 0 Å². The van der Waals surface area contributed by atoms with Gasteiger partial charge in [-0.05, 0) is 50.8 Å². The number of carbonyl (C=O) groups is 2. The zero-order valence-corrected chi connectivity index (χ0v) is 16.5. The van der Waals surface area contributed by atoms with Crippen LogP contribution in [0.15, 0.2) is 27.4 Å². The number of unbranched alkanes of at least 4 members (excludes halogenated alkanes) is 1. The molecular weight excluding hydrogens is 362 g/mol. The van der Waals surface area contributed by atoms with Crippen LogP contribution in [0.25, 0.3) is 11.0 Å². The number of carboxylic acids is 1. The quantitative estimate of drug-likeness (QED) is 0.477. The van der Waals surface area contributed by atoms with Crippen LogP contribution in [0.4, 0.5) is 0 Å². The van der Waals surface area contributed by atoms with Gasteiger partial charge in [-0.3, -0.25) is 9.59 Å². The Morgan fingerprint density at radius 3 is 2.71 bits per heavy atom. The van der Waals surface area contributed by atoms with Crippen LogP contribution >= 0.6 is 0 Å². The third-order valence-electron chi connectivity index (χ3n) is 4.54. The Balaban J connectivity index is 2.14. The Labute approximate surface area is 163 Å². The van der Waals surface area contributed by atoms with Gasteiger partial charge >= 0.3 is 11.6 Å². The van der Waals surface area contributed by atoms with Crippen molar-refractivity contribution in [2.75, 3.05) is 6.54 Å².